The van der Waals surface area contributed by atoms with Crippen LogP contribution in [0.5, 0.6) is 0 Å². The number of rotatable bonds is 7. The lowest BCUT2D eigenvalue weighted by Gasteiger charge is -2.30. The number of hydrogen-bond donors (Lipinski definition) is 2. The van der Waals surface area contributed by atoms with Crippen molar-refractivity contribution < 1.29 is 9.26 Å². The zero-order valence-electron chi connectivity index (χ0n) is 20.2. The molecule has 4 aromatic rings. The van der Waals surface area contributed by atoms with Gasteiger partial charge >= 0.3 is 0 Å². The summed E-state index contributed by atoms with van der Waals surface area (Å²) in [4.78, 5) is 18.7. The average molecular weight is 488 g/mol. The molecule has 36 heavy (non-hydrogen) atoms. The first-order valence-electron chi connectivity index (χ1n) is 12.4. The van der Waals surface area contributed by atoms with Crippen molar-refractivity contribution in [3.63, 3.8) is 0 Å². The number of ether oxygens (including phenoxy) is 1. The van der Waals surface area contributed by atoms with Gasteiger partial charge in [-0.05, 0) is 31.4 Å². The number of pyridine rings is 1. The Balaban J connectivity index is 1.32. The summed E-state index contributed by atoms with van der Waals surface area (Å²) >= 11 is 0. The molecule has 2 saturated heterocycles. The highest BCUT2D eigenvalue weighted by molar-refractivity contribution is 5.61. The lowest BCUT2D eigenvalue weighted by atomic mass is 10.1. The molecule has 11 nitrogen and oxygen atoms in total. The summed E-state index contributed by atoms with van der Waals surface area (Å²) in [6.45, 7) is 5.87. The van der Waals surface area contributed by atoms with E-state index in [4.69, 9.17) is 19.2 Å². The molecule has 0 saturated carbocycles. The molecule has 2 aliphatic heterocycles. The SMILES string of the molecule is CCc1cc(Nc2cc(N3CCOCC3)nc(N3CCC[C@H]3c3cc(-c4ccccn4)no3)n2)n[nH]1. The number of hydrogen-bond acceptors (Lipinski definition) is 10. The average Bonchev–Trinajstić information content (AvgIpc) is 3.70. The number of nitrogens with zero attached hydrogens (tertiary/aromatic N) is 7. The number of aromatic nitrogens is 6. The Kier molecular flexibility index (Phi) is 6.20. The van der Waals surface area contributed by atoms with E-state index in [0.29, 0.717) is 25.0 Å². The minimum absolute atomic E-state index is 0.000158. The Bertz CT molecular complexity index is 1300. The molecular weight excluding hydrogens is 458 g/mol. The second-order valence-electron chi connectivity index (χ2n) is 8.95. The van der Waals surface area contributed by atoms with Crippen molar-refractivity contribution in [2.75, 3.05) is 48.0 Å². The minimum atomic E-state index is -0.000158. The van der Waals surface area contributed by atoms with Crippen LogP contribution in [0.4, 0.5) is 23.4 Å². The number of H-pyrrole nitrogens is 1. The largest absolute Gasteiger partial charge is 0.378 e. The maximum Gasteiger partial charge on any atom is 0.229 e. The van der Waals surface area contributed by atoms with E-state index >= 15 is 0 Å². The predicted molar refractivity (Wildman–Crippen MR) is 135 cm³/mol. The van der Waals surface area contributed by atoms with Crippen molar-refractivity contribution in [2.24, 2.45) is 0 Å². The highest BCUT2D eigenvalue weighted by atomic mass is 16.5. The van der Waals surface area contributed by atoms with E-state index in [0.717, 1.165) is 73.4 Å². The van der Waals surface area contributed by atoms with Crippen LogP contribution in [-0.4, -0.2) is 63.2 Å². The monoisotopic (exact) mass is 487 g/mol. The third-order valence-corrected chi connectivity index (χ3v) is 6.60. The van der Waals surface area contributed by atoms with E-state index in [2.05, 4.69) is 42.4 Å². The number of nitrogens with one attached hydrogen (secondary N) is 2. The second kappa shape index (κ2) is 9.94. The van der Waals surface area contributed by atoms with Gasteiger partial charge in [-0.3, -0.25) is 10.1 Å². The van der Waals surface area contributed by atoms with Gasteiger partial charge in [-0.15, -0.1) is 0 Å². The lowest BCUT2D eigenvalue weighted by Crippen LogP contribution is -2.37. The molecule has 2 aliphatic rings. The molecule has 2 N–H and O–H groups in total. The number of aryl methyl sites for hydroxylation is 1. The fourth-order valence-electron chi connectivity index (χ4n) is 4.69. The summed E-state index contributed by atoms with van der Waals surface area (Å²) in [5, 5.41) is 15.1. The Morgan fingerprint density at radius 3 is 2.78 bits per heavy atom. The van der Waals surface area contributed by atoms with Gasteiger partial charge in [0.25, 0.3) is 0 Å². The summed E-state index contributed by atoms with van der Waals surface area (Å²) in [5.74, 6) is 3.76. The van der Waals surface area contributed by atoms with Crippen LogP contribution in [0, 0.1) is 0 Å². The maximum atomic E-state index is 5.80. The highest BCUT2D eigenvalue weighted by Gasteiger charge is 2.32. The van der Waals surface area contributed by atoms with Gasteiger partial charge in [0.1, 0.15) is 17.3 Å². The Labute approximate surface area is 208 Å². The Morgan fingerprint density at radius 2 is 1.97 bits per heavy atom. The van der Waals surface area contributed by atoms with Gasteiger partial charge in [0, 0.05) is 49.7 Å². The zero-order chi connectivity index (χ0) is 24.3. The highest BCUT2D eigenvalue weighted by Crippen LogP contribution is 2.37. The topological polar surface area (TPSA) is 121 Å². The quantitative estimate of drug-likeness (QED) is 0.399. The third-order valence-electron chi connectivity index (χ3n) is 6.60. The molecule has 1 atom stereocenters. The molecule has 0 unspecified atom stereocenters. The second-order valence-corrected chi connectivity index (χ2v) is 8.95. The molecular formula is C25H29N9O2. The van der Waals surface area contributed by atoms with E-state index in [-0.39, 0.29) is 6.04 Å². The molecule has 2 fully saturated rings. The normalized spacial score (nSPS) is 18.1. The minimum Gasteiger partial charge on any atom is -0.378 e. The third kappa shape index (κ3) is 4.61. The van der Waals surface area contributed by atoms with Crippen molar-refractivity contribution in [1.82, 2.24) is 30.3 Å². The molecule has 11 heteroatoms. The first-order chi connectivity index (χ1) is 17.8. The molecule has 0 aliphatic carbocycles. The zero-order valence-corrected chi connectivity index (χ0v) is 20.2. The van der Waals surface area contributed by atoms with Crippen LogP contribution in [0.2, 0.25) is 0 Å². The van der Waals surface area contributed by atoms with Crippen LogP contribution in [0.1, 0.15) is 37.3 Å². The van der Waals surface area contributed by atoms with Crippen LogP contribution in [-0.2, 0) is 11.2 Å². The van der Waals surface area contributed by atoms with Gasteiger partial charge in [-0.1, -0.05) is 18.1 Å². The van der Waals surface area contributed by atoms with Crippen LogP contribution < -0.4 is 15.1 Å². The molecule has 186 valence electrons. The molecule has 6 rings (SSSR count). The molecule has 0 amide bonds. The van der Waals surface area contributed by atoms with E-state index in [1.807, 2.05) is 36.4 Å². The van der Waals surface area contributed by atoms with E-state index < -0.39 is 0 Å². The molecule has 6 heterocycles. The van der Waals surface area contributed by atoms with Gasteiger partial charge in [0.15, 0.2) is 11.6 Å². The predicted octanol–water partition coefficient (Wildman–Crippen LogP) is 3.73. The maximum absolute atomic E-state index is 5.80. The standard InChI is InChI=1S/C25H29N9O2/c1-2-17-14-23(31-30-17)27-22-16-24(33-10-12-35-13-11-33)29-25(28-22)34-9-5-7-20(34)21-15-19(32-36-21)18-6-3-4-8-26-18/h3-4,6,8,14-16,20H,2,5,7,9-13H2,1H3,(H2,27,28,29,30,31)/t20-/m0/s1. The fraction of sp³-hybridized carbons (Fsp3) is 0.400. The van der Waals surface area contributed by atoms with Crippen molar-refractivity contribution in [1.29, 1.82) is 0 Å². The van der Waals surface area contributed by atoms with Gasteiger partial charge in [0.2, 0.25) is 5.95 Å². The molecule has 4 aromatic heterocycles. The van der Waals surface area contributed by atoms with Gasteiger partial charge in [-0.2, -0.15) is 15.1 Å². The smallest absolute Gasteiger partial charge is 0.229 e. The van der Waals surface area contributed by atoms with Gasteiger partial charge in [0.05, 0.1) is 24.9 Å². The number of anilines is 4. The molecule has 0 bridgehead atoms. The summed E-state index contributed by atoms with van der Waals surface area (Å²) in [6, 6.07) is 11.7. The lowest BCUT2D eigenvalue weighted by molar-refractivity contribution is 0.122. The fourth-order valence-corrected chi connectivity index (χ4v) is 4.69. The number of aromatic amines is 1. The number of morpholine rings is 1. The van der Waals surface area contributed by atoms with E-state index in [1.54, 1.807) is 6.20 Å². The first kappa shape index (κ1) is 22.5. The molecule has 0 spiro atoms. The Hall–Kier alpha value is -3.99. The van der Waals surface area contributed by atoms with Crippen LogP contribution >= 0.6 is 0 Å². The van der Waals surface area contributed by atoms with Crippen LogP contribution in [0.3, 0.4) is 0 Å². The van der Waals surface area contributed by atoms with Gasteiger partial charge < -0.3 is 24.4 Å². The van der Waals surface area contributed by atoms with Crippen molar-refractivity contribution in [2.45, 2.75) is 32.2 Å². The summed E-state index contributed by atoms with van der Waals surface area (Å²) in [5.41, 5.74) is 2.58. The summed E-state index contributed by atoms with van der Waals surface area (Å²) < 4.78 is 11.4. The molecule has 0 aromatic carbocycles. The summed E-state index contributed by atoms with van der Waals surface area (Å²) in [6.07, 6.45) is 4.59. The van der Waals surface area contributed by atoms with E-state index in [1.165, 1.54) is 0 Å². The molecule has 0 radical (unpaired) electrons. The first-order valence-corrected chi connectivity index (χ1v) is 12.4. The van der Waals surface area contributed by atoms with Crippen LogP contribution in [0.25, 0.3) is 11.4 Å². The van der Waals surface area contributed by atoms with Crippen molar-refractivity contribution >= 4 is 23.4 Å². The Morgan fingerprint density at radius 1 is 1.06 bits per heavy atom. The van der Waals surface area contributed by atoms with Crippen molar-refractivity contribution in [3.05, 3.63) is 54.0 Å². The summed E-state index contributed by atoms with van der Waals surface area (Å²) in [7, 11) is 0. The van der Waals surface area contributed by atoms with E-state index in [9.17, 15) is 0 Å². The van der Waals surface area contributed by atoms with Gasteiger partial charge in [-0.25, -0.2) is 0 Å². The van der Waals surface area contributed by atoms with Crippen molar-refractivity contribution in [3.8, 4) is 11.4 Å². The van der Waals surface area contributed by atoms with Crippen LogP contribution in [0.15, 0.2) is 47.1 Å².